The summed E-state index contributed by atoms with van der Waals surface area (Å²) in [5.74, 6) is 0. The van der Waals surface area contributed by atoms with Gasteiger partial charge in [-0.15, -0.1) is 0 Å². The van der Waals surface area contributed by atoms with Crippen LogP contribution in [0, 0.1) is 6.92 Å². The van der Waals surface area contributed by atoms with Gasteiger partial charge in [0.2, 0.25) is 0 Å². The zero-order valence-corrected chi connectivity index (χ0v) is 11.5. The topological polar surface area (TPSA) is 38.0 Å². The second-order valence-electron chi connectivity index (χ2n) is 4.06. The van der Waals surface area contributed by atoms with Crippen molar-refractivity contribution in [2.75, 3.05) is 0 Å². The number of benzene rings is 1. The maximum Gasteiger partial charge on any atom is 0.108 e. The number of hydrogen-bond acceptors (Lipinski definition) is 2. The van der Waals surface area contributed by atoms with Gasteiger partial charge in [0, 0.05) is 22.8 Å². The molecule has 1 aromatic heterocycles. The van der Waals surface area contributed by atoms with E-state index in [0.29, 0.717) is 0 Å². The third-order valence-corrected chi connectivity index (χ3v) is 3.43. The van der Waals surface area contributed by atoms with Crippen LogP contribution in [-0.2, 0) is 6.54 Å². The zero-order chi connectivity index (χ0) is 12.4. The standard InChI is InChI=1S/C13H15BrN2O/c1-3-16-8-10(7-15-16)13(17)11-5-4-9(2)6-12(11)14/h4-8,13,17H,3H2,1-2H3. The molecule has 0 aliphatic carbocycles. The zero-order valence-electron chi connectivity index (χ0n) is 9.89. The van der Waals surface area contributed by atoms with Crippen LogP contribution in [0.3, 0.4) is 0 Å². The van der Waals surface area contributed by atoms with Crippen LogP contribution in [0.1, 0.15) is 29.7 Å². The molecule has 0 spiro atoms. The molecule has 17 heavy (non-hydrogen) atoms. The van der Waals surface area contributed by atoms with Crippen molar-refractivity contribution in [2.24, 2.45) is 0 Å². The highest BCUT2D eigenvalue weighted by molar-refractivity contribution is 9.10. The monoisotopic (exact) mass is 294 g/mol. The van der Waals surface area contributed by atoms with E-state index in [1.54, 1.807) is 10.9 Å². The number of aromatic nitrogens is 2. The third-order valence-electron chi connectivity index (χ3n) is 2.74. The van der Waals surface area contributed by atoms with Crippen molar-refractivity contribution >= 4 is 15.9 Å². The van der Waals surface area contributed by atoms with Crippen molar-refractivity contribution in [1.29, 1.82) is 0 Å². The quantitative estimate of drug-likeness (QED) is 0.945. The van der Waals surface area contributed by atoms with E-state index in [-0.39, 0.29) is 0 Å². The molecule has 0 radical (unpaired) electrons. The summed E-state index contributed by atoms with van der Waals surface area (Å²) in [6, 6.07) is 5.93. The average Bonchev–Trinajstić information content (AvgIpc) is 2.76. The molecule has 4 heteroatoms. The molecule has 1 aromatic carbocycles. The second kappa shape index (κ2) is 5.02. The van der Waals surface area contributed by atoms with Gasteiger partial charge in [0.05, 0.1) is 6.20 Å². The van der Waals surface area contributed by atoms with Gasteiger partial charge >= 0.3 is 0 Å². The predicted octanol–water partition coefficient (Wildman–Crippen LogP) is 3.06. The number of halogens is 1. The normalized spacial score (nSPS) is 12.7. The van der Waals surface area contributed by atoms with Crippen molar-refractivity contribution in [2.45, 2.75) is 26.5 Å². The summed E-state index contributed by atoms with van der Waals surface area (Å²) in [5.41, 5.74) is 2.85. The summed E-state index contributed by atoms with van der Waals surface area (Å²) in [6.07, 6.45) is 2.95. The Balaban J connectivity index is 2.33. The van der Waals surface area contributed by atoms with Crippen LogP contribution in [0.4, 0.5) is 0 Å². The van der Waals surface area contributed by atoms with Gasteiger partial charge in [0.25, 0.3) is 0 Å². The minimum atomic E-state index is -0.634. The first-order chi connectivity index (χ1) is 8.11. The maximum absolute atomic E-state index is 10.3. The number of hydrogen-bond donors (Lipinski definition) is 1. The van der Waals surface area contributed by atoms with Gasteiger partial charge in [-0.2, -0.15) is 5.10 Å². The molecule has 0 amide bonds. The van der Waals surface area contributed by atoms with Crippen molar-refractivity contribution in [3.05, 3.63) is 51.8 Å². The van der Waals surface area contributed by atoms with Gasteiger partial charge in [-0.05, 0) is 31.0 Å². The number of aliphatic hydroxyl groups excluding tert-OH is 1. The Bertz CT molecular complexity index is 522. The van der Waals surface area contributed by atoms with Crippen molar-refractivity contribution in [1.82, 2.24) is 9.78 Å². The lowest BCUT2D eigenvalue weighted by Gasteiger charge is -2.11. The fraction of sp³-hybridized carbons (Fsp3) is 0.308. The Labute approximate surface area is 109 Å². The average molecular weight is 295 g/mol. The van der Waals surface area contributed by atoms with E-state index in [0.717, 1.165) is 27.7 Å². The van der Waals surface area contributed by atoms with E-state index in [2.05, 4.69) is 21.0 Å². The lowest BCUT2D eigenvalue weighted by Crippen LogP contribution is -2.00. The molecule has 0 fully saturated rings. The Morgan fingerprint density at radius 3 is 2.82 bits per heavy atom. The molecule has 0 aliphatic heterocycles. The van der Waals surface area contributed by atoms with E-state index >= 15 is 0 Å². The molecule has 3 nitrogen and oxygen atoms in total. The highest BCUT2D eigenvalue weighted by atomic mass is 79.9. The highest BCUT2D eigenvalue weighted by Crippen LogP contribution is 2.28. The van der Waals surface area contributed by atoms with Crippen molar-refractivity contribution < 1.29 is 5.11 Å². The van der Waals surface area contributed by atoms with Gasteiger partial charge in [0.1, 0.15) is 6.10 Å². The molecular weight excluding hydrogens is 280 g/mol. The first-order valence-corrected chi connectivity index (χ1v) is 6.37. The van der Waals surface area contributed by atoms with Crippen LogP contribution >= 0.6 is 15.9 Å². The smallest absolute Gasteiger partial charge is 0.108 e. The molecule has 0 saturated carbocycles. The number of nitrogens with zero attached hydrogens (tertiary/aromatic N) is 2. The lowest BCUT2D eigenvalue weighted by atomic mass is 10.0. The van der Waals surface area contributed by atoms with E-state index < -0.39 is 6.10 Å². The molecule has 1 atom stereocenters. The molecule has 0 bridgehead atoms. The third kappa shape index (κ3) is 2.58. The summed E-state index contributed by atoms with van der Waals surface area (Å²) < 4.78 is 2.73. The van der Waals surface area contributed by atoms with Crippen LogP contribution in [0.15, 0.2) is 35.1 Å². The van der Waals surface area contributed by atoms with E-state index in [1.165, 1.54) is 0 Å². The summed E-state index contributed by atoms with van der Waals surface area (Å²) in [7, 11) is 0. The van der Waals surface area contributed by atoms with E-state index in [9.17, 15) is 5.11 Å². The molecule has 1 heterocycles. The number of aryl methyl sites for hydroxylation is 2. The Morgan fingerprint density at radius 2 is 2.24 bits per heavy atom. The van der Waals surface area contributed by atoms with Gasteiger partial charge < -0.3 is 5.11 Å². The van der Waals surface area contributed by atoms with Gasteiger partial charge in [-0.3, -0.25) is 4.68 Å². The van der Waals surface area contributed by atoms with Gasteiger partial charge in [-0.1, -0.05) is 28.1 Å². The summed E-state index contributed by atoms with van der Waals surface area (Å²) in [4.78, 5) is 0. The van der Waals surface area contributed by atoms with Crippen LogP contribution < -0.4 is 0 Å². The largest absolute Gasteiger partial charge is 0.383 e. The minimum Gasteiger partial charge on any atom is -0.383 e. The Kier molecular flexibility index (Phi) is 3.64. The molecule has 1 unspecified atom stereocenters. The second-order valence-corrected chi connectivity index (χ2v) is 4.91. The fourth-order valence-corrected chi connectivity index (χ4v) is 2.44. The molecule has 2 aromatic rings. The number of rotatable bonds is 3. The van der Waals surface area contributed by atoms with Crippen LogP contribution in [0.2, 0.25) is 0 Å². The molecular formula is C13H15BrN2O. The van der Waals surface area contributed by atoms with Crippen LogP contribution in [0.25, 0.3) is 0 Å². The lowest BCUT2D eigenvalue weighted by molar-refractivity contribution is 0.219. The molecule has 90 valence electrons. The summed E-state index contributed by atoms with van der Waals surface area (Å²) in [6.45, 7) is 4.85. The summed E-state index contributed by atoms with van der Waals surface area (Å²) >= 11 is 3.48. The molecule has 0 aliphatic rings. The molecule has 0 saturated heterocycles. The molecule has 2 rings (SSSR count). The SMILES string of the molecule is CCn1cc(C(O)c2ccc(C)cc2Br)cn1. The fourth-order valence-electron chi connectivity index (χ4n) is 1.73. The van der Waals surface area contributed by atoms with Crippen LogP contribution in [0.5, 0.6) is 0 Å². The Morgan fingerprint density at radius 1 is 1.47 bits per heavy atom. The van der Waals surface area contributed by atoms with Crippen LogP contribution in [-0.4, -0.2) is 14.9 Å². The van der Waals surface area contributed by atoms with E-state index in [4.69, 9.17) is 0 Å². The van der Waals surface area contributed by atoms with E-state index in [1.807, 2.05) is 38.2 Å². The first-order valence-electron chi connectivity index (χ1n) is 5.58. The Hall–Kier alpha value is -1.13. The summed E-state index contributed by atoms with van der Waals surface area (Å²) in [5, 5.41) is 14.5. The number of aliphatic hydroxyl groups is 1. The maximum atomic E-state index is 10.3. The van der Waals surface area contributed by atoms with Gasteiger partial charge in [-0.25, -0.2) is 0 Å². The predicted molar refractivity (Wildman–Crippen MR) is 70.8 cm³/mol. The van der Waals surface area contributed by atoms with Crippen molar-refractivity contribution in [3.63, 3.8) is 0 Å². The first kappa shape index (κ1) is 12.3. The van der Waals surface area contributed by atoms with Crippen molar-refractivity contribution in [3.8, 4) is 0 Å². The van der Waals surface area contributed by atoms with Gasteiger partial charge in [0.15, 0.2) is 0 Å². The minimum absolute atomic E-state index is 0.634. The highest BCUT2D eigenvalue weighted by Gasteiger charge is 2.15. The molecule has 1 N–H and O–H groups in total.